The zero-order valence-electron chi connectivity index (χ0n) is 19.1. The molecule has 4 rings (SSSR count). The minimum absolute atomic E-state index is 0.208. The van der Waals surface area contributed by atoms with Crippen molar-refractivity contribution in [1.82, 2.24) is 15.2 Å². The van der Waals surface area contributed by atoms with E-state index in [0.717, 1.165) is 56.3 Å². The Morgan fingerprint density at radius 3 is 2.61 bits per heavy atom. The second-order valence-corrected chi connectivity index (χ2v) is 9.46. The van der Waals surface area contributed by atoms with Crippen molar-refractivity contribution in [1.29, 1.82) is 5.26 Å². The number of hydrogen-bond donors (Lipinski definition) is 1. The summed E-state index contributed by atoms with van der Waals surface area (Å²) < 4.78 is 5.41. The van der Waals surface area contributed by atoms with Crippen molar-refractivity contribution in [2.75, 3.05) is 57.6 Å². The fourth-order valence-electron chi connectivity index (χ4n) is 4.38. The van der Waals surface area contributed by atoms with Crippen LogP contribution >= 0.6 is 11.8 Å². The molecule has 1 unspecified atom stereocenters. The number of amides is 1. The highest BCUT2D eigenvalue weighted by atomic mass is 32.2. The van der Waals surface area contributed by atoms with Gasteiger partial charge in [-0.05, 0) is 42.3 Å². The summed E-state index contributed by atoms with van der Waals surface area (Å²) in [4.78, 5) is 22.3. The number of pyridine rings is 1. The van der Waals surface area contributed by atoms with Gasteiger partial charge in [0, 0.05) is 51.0 Å². The van der Waals surface area contributed by atoms with Gasteiger partial charge in [-0.25, -0.2) is 0 Å². The lowest BCUT2D eigenvalue weighted by Gasteiger charge is -2.28. The number of benzene rings is 1. The number of hydrogen-bond acceptors (Lipinski definition) is 7. The maximum atomic E-state index is 13.6. The number of rotatable bonds is 8. The van der Waals surface area contributed by atoms with Crippen molar-refractivity contribution in [2.24, 2.45) is 0 Å². The molecule has 8 heteroatoms. The van der Waals surface area contributed by atoms with Gasteiger partial charge >= 0.3 is 0 Å². The molecule has 0 radical (unpaired) electrons. The Morgan fingerprint density at radius 2 is 1.97 bits per heavy atom. The first-order valence-corrected chi connectivity index (χ1v) is 12.1. The summed E-state index contributed by atoms with van der Waals surface area (Å²) >= 11 is 1.55. The number of morpholine rings is 1. The Balaban J connectivity index is 1.64. The number of carbonyl (C=O) groups is 1. The first kappa shape index (κ1) is 23.3. The summed E-state index contributed by atoms with van der Waals surface area (Å²) in [6.45, 7) is 4.47. The Kier molecular flexibility index (Phi) is 7.33. The van der Waals surface area contributed by atoms with Gasteiger partial charge in [0.15, 0.2) is 0 Å². The number of aromatic nitrogens is 1. The topological polar surface area (TPSA) is 81.5 Å². The molecule has 0 aliphatic carbocycles. The molecule has 1 fully saturated rings. The Labute approximate surface area is 199 Å². The van der Waals surface area contributed by atoms with Crippen LogP contribution in [-0.2, 0) is 14.9 Å². The lowest BCUT2D eigenvalue weighted by molar-refractivity contribution is -0.122. The average Bonchev–Trinajstić information content (AvgIpc) is 3.14. The van der Waals surface area contributed by atoms with E-state index in [9.17, 15) is 10.1 Å². The quantitative estimate of drug-likeness (QED) is 0.603. The van der Waals surface area contributed by atoms with Crippen LogP contribution in [0.15, 0.2) is 59.4 Å². The second kappa shape index (κ2) is 10.4. The van der Waals surface area contributed by atoms with Crippen molar-refractivity contribution in [3.8, 4) is 6.07 Å². The van der Waals surface area contributed by atoms with Crippen LogP contribution in [0, 0.1) is 11.3 Å². The summed E-state index contributed by atoms with van der Waals surface area (Å²) in [5.74, 6) is 0.612. The zero-order valence-corrected chi connectivity index (χ0v) is 19.9. The normalized spacial score (nSPS) is 21.1. The summed E-state index contributed by atoms with van der Waals surface area (Å²) in [5.41, 5.74) is 1.72. The highest BCUT2D eigenvalue weighted by Gasteiger charge is 2.52. The van der Waals surface area contributed by atoms with Gasteiger partial charge in [-0.15, -0.1) is 11.8 Å². The molecule has 33 heavy (non-hydrogen) atoms. The molecule has 0 spiro atoms. The van der Waals surface area contributed by atoms with E-state index in [1.54, 1.807) is 30.2 Å². The highest BCUT2D eigenvalue weighted by Crippen LogP contribution is 2.46. The van der Waals surface area contributed by atoms with E-state index in [1.165, 1.54) is 0 Å². The molecule has 2 aliphatic rings. The van der Waals surface area contributed by atoms with Crippen LogP contribution in [0.2, 0.25) is 0 Å². The predicted molar refractivity (Wildman–Crippen MR) is 131 cm³/mol. The van der Waals surface area contributed by atoms with Gasteiger partial charge < -0.3 is 15.0 Å². The summed E-state index contributed by atoms with van der Waals surface area (Å²) in [6, 6.07) is 13.9. The molecular weight excluding hydrogens is 434 g/mol. The second-order valence-electron chi connectivity index (χ2n) is 8.36. The maximum absolute atomic E-state index is 13.6. The first-order valence-electron chi connectivity index (χ1n) is 11.1. The Morgan fingerprint density at radius 1 is 1.21 bits per heavy atom. The van der Waals surface area contributed by atoms with Crippen molar-refractivity contribution in [3.05, 3.63) is 70.5 Å². The van der Waals surface area contributed by atoms with Gasteiger partial charge in [0.2, 0.25) is 5.91 Å². The molecule has 1 aromatic heterocycles. The van der Waals surface area contributed by atoms with E-state index >= 15 is 0 Å². The average molecular weight is 464 g/mol. The molecule has 1 saturated heterocycles. The molecule has 3 heterocycles. The summed E-state index contributed by atoms with van der Waals surface area (Å²) in [5, 5.41) is 13.9. The van der Waals surface area contributed by atoms with Crippen LogP contribution in [0.5, 0.6) is 0 Å². The number of ether oxygens (including phenoxy) is 1. The van der Waals surface area contributed by atoms with E-state index in [1.807, 2.05) is 49.3 Å². The highest BCUT2D eigenvalue weighted by molar-refractivity contribution is 8.03. The molecule has 1 N–H and O–H groups in total. The van der Waals surface area contributed by atoms with E-state index in [4.69, 9.17) is 4.74 Å². The third kappa shape index (κ3) is 4.62. The monoisotopic (exact) mass is 463 g/mol. The van der Waals surface area contributed by atoms with Crippen LogP contribution in [0.4, 0.5) is 5.69 Å². The molecule has 0 saturated carbocycles. The zero-order chi connectivity index (χ0) is 23.3. The van der Waals surface area contributed by atoms with E-state index in [-0.39, 0.29) is 5.91 Å². The standard InChI is InChI=1S/C25H29N5O2S/c1-29(2)21-8-6-19(7-9-21)25(20-5-3-10-27-18-20)22(17-26)23(28-24(25)31)33-16-4-11-30-12-14-32-15-13-30/h3,5-10,18H,4,11-16H2,1-2H3,(H,28,31). The predicted octanol–water partition coefficient (Wildman–Crippen LogP) is 2.75. The number of anilines is 1. The van der Waals surface area contributed by atoms with Gasteiger partial charge in [-0.2, -0.15) is 5.26 Å². The lowest BCUT2D eigenvalue weighted by atomic mass is 9.70. The largest absolute Gasteiger partial charge is 0.379 e. The van der Waals surface area contributed by atoms with Crippen molar-refractivity contribution < 1.29 is 9.53 Å². The molecule has 7 nitrogen and oxygen atoms in total. The van der Waals surface area contributed by atoms with E-state index in [0.29, 0.717) is 16.2 Å². The number of nitrogens with one attached hydrogen (secondary N) is 1. The first-order chi connectivity index (χ1) is 16.1. The third-order valence-corrected chi connectivity index (χ3v) is 7.25. The van der Waals surface area contributed by atoms with Gasteiger partial charge in [-0.1, -0.05) is 18.2 Å². The van der Waals surface area contributed by atoms with Crippen LogP contribution in [0.1, 0.15) is 17.5 Å². The fourth-order valence-corrected chi connectivity index (χ4v) is 5.37. The van der Waals surface area contributed by atoms with E-state index in [2.05, 4.69) is 21.3 Å². The lowest BCUT2D eigenvalue weighted by Crippen LogP contribution is -2.39. The third-order valence-electron chi connectivity index (χ3n) is 6.16. The molecule has 2 aromatic rings. The minimum Gasteiger partial charge on any atom is -0.379 e. The van der Waals surface area contributed by atoms with Crippen molar-refractivity contribution in [3.63, 3.8) is 0 Å². The number of nitriles is 1. The molecule has 172 valence electrons. The minimum atomic E-state index is -1.21. The number of thioether (sulfide) groups is 1. The SMILES string of the molecule is CN(C)c1ccc(C2(c3cccnc3)C(=O)NC(SCCCN3CCOCC3)=C2C#N)cc1. The van der Waals surface area contributed by atoms with Gasteiger partial charge in [0.25, 0.3) is 0 Å². The van der Waals surface area contributed by atoms with Gasteiger partial charge in [-0.3, -0.25) is 14.7 Å². The summed E-state index contributed by atoms with van der Waals surface area (Å²) in [7, 11) is 3.95. The molecule has 1 amide bonds. The van der Waals surface area contributed by atoms with Crippen molar-refractivity contribution >= 4 is 23.4 Å². The van der Waals surface area contributed by atoms with Gasteiger partial charge in [0.05, 0.1) is 29.9 Å². The summed E-state index contributed by atoms with van der Waals surface area (Å²) in [6.07, 6.45) is 4.33. The molecule has 2 aliphatic heterocycles. The van der Waals surface area contributed by atoms with Crippen LogP contribution in [-0.4, -0.2) is 68.5 Å². The Bertz CT molecular complexity index is 1040. The van der Waals surface area contributed by atoms with Crippen LogP contribution in [0.3, 0.4) is 0 Å². The molecule has 0 bridgehead atoms. The molecular formula is C25H29N5O2S. The number of carbonyl (C=O) groups excluding carboxylic acids is 1. The molecule has 1 aromatic carbocycles. The van der Waals surface area contributed by atoms with Gasteiger partial charge in [0.1, 0.15) is 5.41 Å². The van der Waals surface area contributed by atoms with Crippen molar-refractivity contribution in [2.45, 2.75) is 11.8 Å². The fraction of sp³-hybridized carbons (Fsp3) is 0.400. The number of nitrogens with zero attached hydrogens (tertiary/aromatic N) is 4. The maximum Gasteiger partial charge on any atom is 0.245 e. The van der Waals surface area contributed by atoms with Crippen LogP contribution in [0.25, 0.3) is 0 Å². The smallest absolute Gasteiger partial charge is 0.245 e. The van der Waals surface area contributed by atoms with E-state index < -0.39 is 5.41 Å². The molecule has 1 atom stereocenters. The Hall–Kier alpha value is -2.86. The van der Waals surface area contributed by atoms with Crippen LogP contribution < -0.4 is 10.2 Å².